The van der Waals surface area contributed by atoms with Crippen molar-refractivity contribution in [2.24, 2.45) is 0 Å². The molecular weight excluding hydrogens is 210 g/mol. The number of ether oxygens (including phenoxy) is 1. The Bertz CT molecular complexity index is 367. The Balaban J connectivity index is 0.000000770. The van der Waals surface area contributed by atoms with Crippen LogP contribution in [-0.4, -0.2) is 0 Å². The van der Waals surface area contributed by atoms with E-state index >= 15 is 0 Å². The minimum Gasteiger partial charge on any atom is -0.458 e. The zero-order valence-corrected chi connectivity index (χ0v) is 11.2. The fourth-order valence-corrected chi connectivity index (χ4v) is 1.07. The normalized spacial score (nSPS) is 10.9. The molecule has 0 bridgehead atoms. The second kappa shape index (κ2) is 9.52. The van der Waals surface area contributed by atoms with Crippen molar-refractivity contribution in [3.63, 3.8) is 0 Å². The molecule has 0 saturated carbocycles. The zero-order valence-electron chi connectivity index (χ0n) is 11.2. The highest BCUT2D eigenvalue weighted by Gasteiger charge is 1.95. The number of hydrogen-bond acceptors (Lipinski definition) is 2. The first kappa shape index (κ1) is 15.3. The Hall–Kier alpha value is -1.70. The van der Waals surface area contributed by atoms with Crippen LogP contribution < -0.4 is 10.5 Å². The molecule has 2 nitrogen and oxygen atoms in total. The fourth-order valence-electron chi connectivity index (χ4n) is 1.07. The maximum absolute atomic E-state index is 5.63. The van der Waals surface area contributed by atoms with E-state index in [4.69, 9.17) is 10.5 Å². The zero-order chi connectivity index (χ0) is 13.1. The third-order valence-corrected chi connectivity index (χ3v) is 1.71. The van der Waals surface area contributed by atoms with Crippen LogP contribution in [0.25, 0.3) is 0 Å². The summed E-state index contributed by atoms with van der Waals surface area (Å²) < 4.78 is 5.58. The number of anilines is 1. The molecule has 0 aliphatic heterocycles. The molecule has 0 aliphatic rings. The monoisotopic (exact) mass is 233 g/mol. The quantitative estimate of drug-likeness (QED) is 0.472. The molecule has 0 aliphatic carbocycles. The predicted molar refractivity (Wildman–Crippen MR) is 76.0 cm³/mol. The molecule has 1 aromatic rings. The first-order valence-corrected chi connectivity index (χ1v) is 6.00. The van der Waals surface area contributed by atoms with E-state index in [-0.39, 0.29) is 0 Å². The van der Waals surface area contributed by atoms with Gasteiger partial charge < -0.3 is 10.5 Å². The lowest BCUT2D eigenvalue weighted by Crippen LogP contribution is -1.92. The van der Waals surface area contributed by atoms with Crippen molar-refractivity contribution in [3.8, 4) is 5.75 Å². The summed E-state index contributed by atoms with van der Waals surface area (Å²) in [6.45, 7) is 8.13. The predicted octanol–water partition coefficient (Wildman–Crippen LogP) is 4.54. The van der Waals surface area contributed by atoms with E-state index in [0.29, 0.717) is 5.69 Å². The van der Waals surface area contributed by atoms with Crippen LogP contribution in [0.4, 0.5) is 5.69 Å². The van der Waals surface area contributed by atoms with Gasteiger partial charge in [-0.1, -0.05) is 32.4 Å². The lowest BCUT2D eigenvalue weighted by molar-refractivity contribution is 0.443. The molecule has 0 radical (unpaired) electrons. The summed E-state index contributed by atoms with van der Waals surface area (Å²) in [4.78, 5) is 0. The summed E-state index contributed by atoms with van der Waals surface area (Å²) in [6.07, 6.45) is 6.99. The summed E-state index contributed by atoms with van der Waals surface area (Å²) in [5.41, 5.74) is 6.34. The van der Waals surface area contributed by atoms with Gasteiger partial charge in [0.25, 0.3) is 0 Å². The van der Waals surface area contributed by atoms with Crippen LogP contribution in [-0.2, 0) is 0 Å². The molecule has 0 atom stereocenters. The molecule has 2 heteroatoms. The van der Waals surface area contributed by atoms with Gasteiger partial charge in [0.05, 0.1) is 0 Å². The summed E-state index contributed by atoms with van der Waals surface area (Å²) in [5.74, 6) is 1.58. The van der Waals surface area contributed by atoms with Crippen LogP contribution in [0.3, 0.4) is 0 Å². The molecule has 0 aromatic heterocycles. The summed E-state index contributed by atoms with van der Waals surface area (Å²) in [5, 5.41) is 0. The number of hydrogen-bond donors (Lipinski definition) is 1. The second-order valence-electron chi connectivity index (χ2n) is 3.57. The highest BCUT2D eigenvalue weighted by atomic mass is 16.5. The molecule has 1 rings (SSSR count). The molecule has 17 heavy (non-hydrogen) atoms. The van der Waals surface area contributed by atoms with E-state index < -0.39 is 0 Å². The van der Waals surface area contributed by atoms with Gasteiger partial charge in [-0.15, -0.1) is 0 Å². The van der Waals surface area contributed by atoms with Gasteiger partial charge in [0.15, 0.2) is 0 Å². The van der Waals surface area contributed by atoms with Crippen molar-refractivity contribution in [1.82, 2.24) is 0 Å². The molecule has 94 valence electrons. The summed E-state index contributed by atoms with van der Waals surface area (Å²) in [7, 11) is 0. The van der Waals surface area contributed by atoms with E-state index in [1.165, 1.54) is 6.42 Å². The Kier molecular flexibility index (Phi) is 8.57. The Morgan fingerprint density at radius 1 is 1.29 bits per heavy atom. The van der Waals surface area contributed by atoms with Crippen LogP contribution in [0.5, 0.6) is 5.75 Å². The number of allylic oxidation sites excluding steroid dienone is 3. The van der Waals surface area contributed by atoms with E-state index in [0.717, 1.165) is 11.5 Å². The van der Waals surface area contributed by atoms with E-state index in [1.54, 1.807) is 6.07 Å². The fraction of sp³-hybridized carbons (Fsp3) is 0.333. The number of nitrogen functional groups attached to an aromatic ring is 1. The largest absolute Gasteiger partial charge is 0.458 e. The average molecular weight is 233 g/mol. The Labute approximate surface area is 105 Å². The topological polar surface area (TPSA) is 35.2 Å². The molecule has 0 heterocycles. The van der Waals surface area contributed by atoms with Gasteiger partial charge in [-0.05, 0) is 38.1 Å². The molecular formula is C15H23NO. The van der Waals surface area contributed by atoms with E-state index in [2.05, 4.69) is 13.8 Å². The van der Waals surface area contributed by atoms with Crippen LogP contribution in [0.15, 0.2) is 48.3 Å². The van der Waals surface area contributed by atoms with Crippen LogP contribution in [0.2, 0.25) is 0 Å². The third kappa shape index (κ3) is 7.23. The summed E-state index contributed by atoms with van der Waals surface area (Å²) in [6, 6.07) is 7.38. The standard InChI is InChI=1S/C12H15NO.C3H8/c1-3-6-11(4-2)14-12-8-5-7-10(13)9-12;1-3-2/h3-9H,13H2,1-2H3;3H2,1-2H3/b6-3-,11-4+;. The third-order valence-electron chi connectivity index (χ3n) is 1.71. The number of nitrogens with two attached hydrogens (primary N) is 1. The van der Waals surface area contributed by atoms with Gasteiger partial charge in [-0.25, -0.2) is 0 Å². The smallest absolute Gasteiger partial charge is 0.129 e. The minimum atomic E-state index is 0.707. The van der Waals surface area contributed by atoms with Crippen molar-refractivity contribution in [1.29, 1.82) is 0 Å². The number of benzene rings is 1. The van der Waals surface area contributed by atoms with Crippen molar-refractivity contribution >= 4 is 5.69 Å². The van der Waals surface area contributed by atoms with Crippen molar-refractivity contribution in [2.75, 3.05) is 5.73 Å². The molecule has 0 unspecified atom stereocenters. The molecule has 0 fully saturated rings. The Morgan fingerprint density at radius 2 is 1.94 bits per heavy atom. The van der Waals surface area contributed by atoms with Gasteiger partial charge >= 0.3 is 0 Å². The first-order chi connectivity index (χ1) is 8.17. The minimum absolute atomic E-state index is 0.707. The lowest BCUT2D eigenvalue weighted by atomic mass is 10.3. The van der Waals surface area contributed by atoms with Gasteiger partial charge in [0.2, 0.25) is 0 Å². The molecule has 1 aromatic carbocycles. The molecule has 0 spiro atoms. The van der Waals surface area contributed by atoms with E-state index in [1.807, 2.05) is 50.3 Å². The highest BCUT2D eigenvalue weighted by molar-refractivity contribution is 5.44. The second-order valence-corrected chi connectivity index (χ2v) is 3.57. The van der Waals surface area contributed by atoms with Crippen molar-refractivity contribution in [2.45, 2.75) is 34.1 Å². The lowest BCUT2D eigenvalue weighted by Gasteiger charge is -2.06. The van der Waals surface area contributed by atoms with Crippen LogP contribution >= 0.6 is 0 Å². The number of rotatable bonds is 3. The first-order valence-electron chi connectivity index (χ1n) is 6.00. The van der Waals surface area contributed by atoms with Crippen molar-refractivity contribution < 1.29 is 4.74 Å². The highest BCUT2D eigenvalue weighted by Crippen LogP contribution is 2.17. The van der Waals surface area contributed by atoms with Crippen LogP contribution in [0, 0.1) is 0 Å². The van der Waals surface area contributed by atoms with Gasteiger partial charge in [-0.3, -0.25) is 0 Å². The van der Waals surface area contributed by atoms with Crippen LogP contribution in [0.1, 0.15) is 34.1 Å². The summed E-state index contributed by atoms with van der Waals surface area (Å²) >= 11 is 0. The molecule has 0 amide bonds. The van der Waals surface area contributed by atoms with Gasteiger partial charge in [0.1, 0.15) is 11.5 Å². The van der Waals surface area contributed by atoms with E-state index in [9.17, 15) is 0 Å². The Morgan fingerprint density at radius 3 is 2.41 bits per heavy atom. The SMILES string of the molecule is C/C=C\C(=C/C)Oc1cccc(N)c1.CCC. The van der Waals surface area contributed by atoms with Gasteiger partial charge in [0, 0.05) is 11.8 Å². The average Bonchev–Trinajstić information content (AvgIpc) is 2.29. The maximum atomic E-state index is 5.63. The van der Waals surface area contributed by atoms with Crippen molar-refractivity contribution in [3.05, 3.63) is 48.3 Å². The van der Waals surface area contributed by atoms with Gasteiger partial charge in [-0.2, -0.15) is 0 Å². The maximum Gasteiger partial charge on any atom is 0.129 e. The molecule has 0 saturated heterocycles. The molecule has 2 N–H and O–H groups in total.